The highest BCUT2D eigenvalue weighted by atomic mass is 31.2. The van der Waals surface area contributed by atoms with Crippen molar-refractivity contribution in [2.24, 2.45) is 0 Å². The summed E-state index contributed by atoms with van der Waals surface area (Å²) in [6.45, 7) is 0.400. The summed E-state index contributed by atoms with van der Waals surface area (Å²) in [6.07, 6.45) is 0. The smallest absolute Gasteiger partial charge is 0.465 e. The zero-order valence-corrected chi connectivity index (χ0v) is 22.4. The van der Waals surface area contributed by atoms with Gasteiger partial charge in [0.1, 0.15) is 23.9 Å². The van der Waals surface area contributed by atoms with Crippen molar-refractivity contribution in [1.29, 1.82) is 0 Å². The molecule has 6 rings (SSSR count). The number of fused-ring (bicyclic) bond motifs is 1. The first-order valence-electron chi connectivity index (χ1n) is 12.9. The number of carbonyl (C=O) groups is 1. The number of nitrogens with one attached hydrogen (secondary N) is 1. The number of carbonyl (C=O) groups excluding carboxylic acids is 1. The Morgan fingerprint density at radius 3 is 1.73 bits per heavy atom. The monoisotopic (exact) mass is 547 g/mol. The van der Waals surface area contributed by atoms with Crippen LogP contribution in [0, 0.1) is 0 Å². The molecule has 0 unspecified atom stereocenters. The van der Waals surface area contributed by atoms with Crippen LogP contribution in [-0.2, 0) is 16.5 Å². The minimum atomic E-state index is -4.28. The fraction of sp³-hybridized carbons (Fsp3) is 0.0606. The van der Waals surface area contributed by atoms with Crippen LogP contribution in [0.5, 0.6) is 17.2 Å². The second-order valence-corrected chi connectivity index (χ2v) is 11.3. The molecular formula is C33H26NO5P. The molecule has 1 aliphatic rings. The molecule has 0 saturated carbocycles. The largest absolute Gasteiger partial charge is 0.489 e. The van der Waals surface area contributed by atoms with Gasteiger partial charge >= 0.3 is 7.60 Å². The Bertz CT molecular complexity index is 1610. The van der Waals surface area contributed by atoms with Crippen LogP contribution in [0.25, 0.3) is 0 Å². The molecule has 1 N–H and O–H groups in total. The first-order valence-corrected chi connectivity index (χ1v) is 14.4. The van der Waals surface area contributed by atoms with Gasteiger partial charge in [0.2, 0.25) is 5.28 Å². The minimum absolute atomic E-state index is 0.350. The lowest BCUT2D eigenvalue weighted by molar-refractivity contribution is 0.0949. The maximum Gasteiger partial charge on any atom is 0.465 e. The average Bonchev–Trinajstić information content (AvgIpc) is 3.32. The summed E-state index contributed by atoms with van der Waals surface area (Å²) in [4.78, 5) is 13.4. The van der Waals surface area contributed by atoms with Crippen molar-refractivity contribution in [2.75, 3.05) is 0 Å². The van der Waals surface area contributed by atoms with Crippen LogP contribution < -0.4 is 19.1 Å². The van der Waals surface area contributed by atoms with E-state index in [2.05, 4.69) is 5.32 Å². The van der Waals surface area contributed by atoms with Gasteiger partial charge in [0, 0.05) is 11.1 Å². The van der Waals surface area contributed by atoms with Gasteiger partial charge < -0.3 is 19.1 Å². The fourth-order valence-corrected chi connectivity index (χ4v) is 7.13. The fourth-order valence-electron chi connectivity index (χ4n) is 4.83. The third-order valence-corrected chi connectivity index (χ3v) is 9.06. The normalized spacial score (nSPS) is 16.1. The van der Waals surface area contributed by atoms with Crippen LogP contribution in [0.1, 0.15) is 27.0 Å². The lowest BCUT2D eigenvalue weighted by Crippen LogP contribution is -2.43. The molecule has 0 bridgehead atoms. The highest BCUT2D eigenvalue weighted by Crippen LogP contribution is 2.67. The lowest BCUT2D eigenvalue weighted by atomic mass is 9.97. The molecule has 1 heterocycles. The van der Waals surface area contributed by atoms with E-state index in [-0.39, 0.29) is 5.91 Å². The van der Waals surface area contributed by atoms with E-state index in [9.17, 15) is 4.79 Å². The van der Waals surface area contributed by atoms with E-state index in [1.54, 1.807) is 97.1 Å². The molecule has 0 saturated heterocycles. The first kappa shape index (κ1) is 25.5. The van der Waals surface area contributed by atoms with Crippen LogP contribution in [-0.4, -0.2) is 5.91 Å². The van der Waals surface area contributed by atoms with E-state index >= 15 is 4.57 Å². The van der Waals surface area contributed by atoms with Crippen molar-refractivity contribution in [3.05, 3.63) is 162 Å². The number of ether oxygens (including phenoxy) is 1. The van der Waals surface area contributed by atoms with Gasteiger partial charge in [-0.3, -0.25) is 4.79 Å². The molecule has 40 heavy (non-hydrogen) atoms. The van der Waals surface area contributed by atoms with Gasteiger partial charge in [-0.25, -0.2) is 4.57 Å². The molecule has 0 spiro atoms. The molecule has 6 nitrogen and oxygen atoms in total. The molecule has 0 aromatic heterocycles. The van der Waals surface area contributed by atoms with Gasteiger partial charge in [-0.05, 0) is 53.6 Å². The number of amides is 1. The highest BCUT2D eigenvalue weighted by molar-refractivity contribution is 7.56. The second kappa shape index (κ2) is 10.8. The van der Waals surface area contributed by atoms with Crippen LogP contribution in [0.15, 0.2) is 140 Å². The van der Waals surface area contributed by atoms with Gasteiger partial charge in [-0.1, -0.05) is 97.1 Å². The Balaban J connectivity index is 1.47. The second-order valence-electron chi connectivity index (χ2n) is 9.31. The van der Waals surface area contributed by atoms with Crippen molar-refractivity contribution in [3.8, 4) is 17.2 Å². The van der Waals surface area contributed by atoms with Crippen molar-refractivity contribution >= 4 is 13.5 Å². The highest BCUT2D eigenvalue weighted by Gasteiger charge is 2.62. The van der Waals surface area contributed by atoms with E-state index in [0.29, 0.717) is 40.5 Å². The van der Waals surface area contributed by atoms with Gasteiger partial charge in [0.25, 0.3) is 5.91 Å². The maximum atomic E-state index is 15.3. The molecule has 5 aromatic rings. The SMILES string of the molecule is O=C1N[C@](c2ccc(OCc3ccccc3)cc2)(P(=O)(Oc2ccccc2)Oc2ccccc2)c2ccccc21. The predicted molar refractivity (Wildman–Crippen MR) is 154 cm³/mol. The summed E-state index contributed by atoms with van der Waals surface area (Å²) >= 11 is 0. The quantitative estimate of drug-likeness (QED) is 0.193. The summed E-state index contributed by atoms with van der Waals surface area (Å²) < 4.78 is 33.8. The van der Waals surface area contributed by atoms with E-state index in [0.717, 1.165) is 5.56 Å². The lowest BCUT2D eigenvalue weighted by Gasteiger charge is -2.36. The van der Waals surface area contributed by atoms with Crippen molar-refractivity contribution in [3.63, 3.8) is 0 Å². The number of hydrogen-bond donors (Lipinski definition) is 1. The maximum absolute atomic E-state index is 15.3. The Morgan fingerprint density at radius 2 is 1.12 bits per heavy atom. The van der Waals surface area contributed by atoms with E-state index < -0.39 is 12.9 Å². The molecule has 0 radical (unpaired) electrons. The topological polar surface area (TPSA) is 73.9 Å². The standard InChI is InChI=1S/C33H26NO5P/c35-32-30-18-10-11-19-31(30)33(34-32,26-20-22-27(23-21-26)37-24-25-12-4-1-5-13-25)40(36,38-28-14-6-2-7-15-28)39-29-16-8-3-9-17-29/h1-23H,24H2,(H,34,35)/t33-/m1/s1. The Kier molecular flexibility index (Phi) is 6.85. The minimum Gasteiger partial charge on any atom is -0.489 e. The molecular weight excluding hydrogens is 521 g/mol. The Labute approximate surface area is 232 Å². The Hall–Kier alpha value is -4.80. The average molecular weight is 548 g/mol. The van der Waals surface area contributed by atoms with Gasteiger partial charge in [-0.15, -0.1) is 0 Å². The van der Waals surface area contributed by atoms with Crippen LogP contribution >= 0.6 is 7.60 Å². The van der Waals surface area contributed by atoms with Crippen LogP contribution in [0.2, 0.25) is 0 Å². The summed E-state index contributed by atoms with van der Waals surface area (Å²) in [5.74, 6) is 0.960. The number of benzene rings is 5. The number of rotatable bonds is 9. The molecule has 0 fully saturated rings. The molecule has 1 amide bonds. The van der Waals surface area contributed by atoms with E-state index in [1.807, 2.05) is 42.5 Å². The predicted octanol–water partition coefficient (Wildman–Crippen LogP) is 7.56. The zero-order valence-electron chi connectivity index (χ0n) is 21.5. The molecule has 5 aromatic carbocycles. The molecule has 7 heteroatoms. The van der Waals surface area contributed by atoms with E-state index in [4.69, 9.17) is 13.8 Å². The third kappa shape index (κ3) is 4.74. The van der Waals surface area contributed by atoms with Crippen LogP contribution in [0.3, 0.4) is 0 Å². The third-order valence-electron chi connectivity index (χ3n) is 6.72. The summed E-state index contributed by atoms with van der Waals surface area (Å²) in [6, 6.07) is 41.8. The van der Waals surface area contributed by atoms with Gasteiger partial charge in [0.05, 0.1) is 0 Å². The molecule has 198 valence electrons. The molecule has 1 aliphatic heterocycles. The number of hydrogen-bond acceptors (Lipinski definition) is 5. The van der Waals surface area contributed by atoms with Crippen molar-refractivity contribution < 1.29 is 23.1 Å². The summed E-state index contributed by atoms with van der Waals surface area (Å²) in [5, 5.41) is 1.38. The van der Waals surface area contributed by atoms with Crippen molar-refractivity contribution in [1.82, 2.24) is 5.32 Å². The summed E-state index contributed by atoms with van der Waals surface area (Å²) in [5.41, 5.74) is 2.48. The first-order chi connectivity index (χ1) is 19.6. The summed E-state index contributed by atoms with van der Waals surface area (Å²) in [7, 11) is -4.28. The zero-order chi connectivity index (χ0) is 27.4. The molecule has 0 aliphatic carbocycles. The Morgan fingerprint density at radius 1 is 0.600 bits per heavy atom. The van der Waals surface area contributed by atoms with Gasteiger partial charge in [0.15, 0.2) is 0 Å². The number of para-hydroxylation sites is 2. The molecule has 1 atom stereocenters. The van der Waals surface area contributed by atoms with E-state index in [1.165, 1.54) is 0 Å². The van der Waals surface area contributed by atoms with Crippen molar-refractivity contribution in [2.45, 2.75) is 11.9 Å². The van der Waals surface area contributed by atoms with Gasteiger partial charge in [-0.2, -0.15) is 0 Å². The van der Waals surface area contributed by atoms with Crippen LogP contribution in [0.4, 0.5) is 0 Å².